The Balaban J connectivity index is 1.51. The van der Waals surface area contributed by atoms with Crippen LogP contribution in [-0.4, -0.2) is 47.0 Å². The van der Waals surface area contributed by atoms with Gasteiger partial charge in [0.25, 0.3) is 0 Å². The van der Waals surface area contributed by atoms with Crippen LogP contribution in [0, 0.1) is 6.92 Å². The van der Waals surface area contributed by atoms with Crippen LogP contribution in [0.5, 0.6) is 0 Å². The Morgan fingerprint density at radius 3 is 2.71 bits per heavy atom. The van der Waals surface area contributed by atoms with Crippen LogP contribution >= 0.6 is 15.9 Å². The minimum absolute atomic E-state index is 0.0564. The third kappa shape index (κ3) is 4.33. The van der Waals surface area contributed by atoms with Crippen molar-refractivity contribution < 1.29 is 9.32 Å². The lowest BCUT2D eigenvalue weighted by Crippen LogP contribution is -2.47. The van der Waals surface area contributed by atoms with E-state index in [1.807, 2.05) is 48.2 Å². The van der Waals surface area contributed by atoms with Crippen molar-refractivity contribution in [3.63, 3.8) is 0 Å². The zero-order valence-corrected chi connectivity index (χ0v) is 15.2. The molecule has 0 N–H and O–H groups in total. The predicted octanol–water partition coefficient (Wildman–Crippen LogP) is 3.10. The van der Waals surface area contributed by atoms with E-state index in [1.54, 1.807) is 6.08 Å². The van der Waals surface area contributed by atoms with Gasteiger partial charge in [0.1, 0.15) is 0 Å². The molecule has 1 aliphatic heterocycles. The Labute approximate surface area is 150 Å². The molecule has 1 fully saturated rings. The lowest BCUT2D eigenvalue weighted by atomic mass is 10.2. The van der Waals surface area contributed by atoms with Gasteiger partial charge in [0.15, 0.2) is 5.76 Å². The Morgan fingerprint density at radius 1 is 1.29 bits per heavy atom. The van der Waals surface area contributed by atoms with E-state index in [-0.39, 0.29) is 5.91 Å². The van der Waals surface area contributed by atoms with Crippen LogP contribution < -0.4 is 0 Å². The van der Waals surface area contributed by atoms with Gasteiger partial charge in [-0.05, 0) is 24.6 Å². The van der Waals surface area contributed by atoms with Gasteiger partial charge in [-0.25, -0.2) is 0 Å². The summed E-state index contributed by atoms with van der Waals surface area (Å²) in [6.45, 7) is 5.80. The molecule has 126 valence electrons. The molecular weight excluding hydrogens is 370 g/mol. The number of nitrogens with zero attached hydrogens (tertiary/aromatic N) is 3. The summed E-state index contributed by atoms with van der Waals surface area (Å²) in [4.78, 5) is 16.5. The maximum absolute atomic E-state index is 12.3. The minimum atomic E-state index is 0.0564. The first-order chi connectivity index (χ1) is 11.6. The summed E-state index contributed by atoms with van der Waals surface area (Å²) in [5.41, 5.74) is 1.90. The molecular formula is C18H20BrN3O2. The predicted molar refractivity (Wildman–Crippen MR) is 96.3 cm³/mol. The zero-order valence-electron chi connectivity index (χ0n) is 13.6. The van der Waals surface area contributed by atoms with Crippen molar-refractivity contribution in [2.45, 2.75) is 13.5 Å². The molecule has 0 unspecified atom stereocenters. The van der Waals surface area contributed by atoms with Crippen LogP contribution in [0.2, 0.25) is 0 Å². The molecule has 1 aromatic carbocycles. The molecule has 1 amide bonds. The summed E-state index contributed by atoms with van der Waals surface area (Å²) in [5, 5.41) is 3.91. The average Bonchev–Trinajstić information content (AvgIpc) is 2.99. The van der Waals surface area contributed by atoms with Crippen molar-refractivity contribution in [1.29, 1.82) is 0 Å². The van der Waals surface area contributed by atoms with Gasteiger partial charge >= 0.3 is 0 Å². The van der Waals surface area contributed by atoms with Crippen molar-refractivity contribution in [2.75, 3.05) is 26.2 Å². The Bertz CT molecular complexity index is 733. The van der Waals surface area contributed by atoms with E-state index in [0.717, 1.165) is 54.2 Å². The van der Waals surface area contributed by atoms with Crippen LogP contribution in [-0.2, 0) is 11.3 Å². The minimum Gasteiger partial charge on any atom is -0.360 e. The fraction of sp³-hybridized carbons (Fsp3) is 0.333. The van der Waals surface area contributed by atoms with E-state index in [4.69, 9.17) is 4.52 Å². The number of hydrogen-bond donors (Lipinski definition) is 0. The molecule has 0 atom stereocenters. The smallest absolute Gasteiger partial charge is 0.246 e. The third-order valence-electron chi connectivity index (χ3n) is 4.05. The van der Waals surface area contributed by atoms with Crippen molar-refractivity contribution in [2.24, 2.45) is 0 Å². The quantitative estimate of drug-likeness (QED) is 0.753. The zero-order chi connectivity index (χ0) is 16.9. The number of rotatable bonds is 4. The van der Waals surface area contributed by atoms with E-state index in [0.29, 0.717) is 0 Å². The lowest BCUT2D eigenvalue weighted by Gasteiger charge is -2.33. The number of aryl methyl sites for hydroxylation is 1. The molecule has 6 heteroatoms. The van der Waals surface area contributed by atoms with Gasteiger partial charge in [0.05, 0.1) is 12.2 Å². The molecule has 0 aliphatic carbocycles. The number of benzene rings is 1. The molecule has 2 aromatic rings. The normalized spacial score (nSPS) is 16.0. The summed E-state index contributed by atoms with van der Waals surface area (Å²) in [7, 11) is 0. The highest BCUT2D eigenvalue weighted by Crippen LogP contribution is 2.17. The van der Waals surface area contributed by atoms with E-state index in [9.17, 15) is 4.79 Å². The van der Waals surface area contributed by atoms with Crippen LogP contribution in [0.25, 0.3) is 6.08 Å². The van der Waals surface area contributed by atoms with E-state index < -0.39 is 0 Å². The van der Waals surface area contributed by atoms with Gasteiger partial charge in [0.2, 0.25) is 5.91 Å². The number of halogens is 1. The van der Waals surface area contributed by atoms with Gasteiger partial charge in [-0.2, -0.15) is 0 Å². The molecule has 5 nitrogen and oxygen atoms in total. The van der Waals surface area contributed by atoms with Crippen molar-refractivity contribution in [3.05, 3.63) is 57.9 Å². The fourth-order valence-electron chi connectivity index (χ4n) is 2.71. The Morgan fingerprint density at radius 2 is 2.04 bits per heavy atom. The second-order valence-electron chi connectivity index (χ2n) is 5.89. The number of carbonyl (C=O) groups excluding carboxylic acids is 1. The van der Waals surface area contributed by atoms with Crippen LogP contribution in [0.3, 0.4) is 0 Å². The number of piperazine rings is 1. The lowest BCUT2D eigenvalue weighted by molar-refractivity contribution is -0.127. The molecule has 0 radical (unpaired) electrons. The average molecular weight is 390 g/mol. The molecule has 24 heavy (non-hydrogen) atoms. The molecule has 1 saturated heterocycles. The maximum atomic E-state index is 12.3. The first-order valence-corrected chi connectivity index (χ1v) is 8.77. The molecule has 1 aromatic heterocycles. The van der Waals surface area contributed by atoms with Crippen molar-refractivity contribution in [1.82, 2.24) is 15.0 Å². The van der Waals surface area contributed by atoms with Crippen LogP contribution in [0.15, 0.2) is 45.4 Å². The van der Waals surface area contributed by atoms with Crippen LogP contribution in [0.1, 0.15) is 17.0 Å². The van der Waals surface area contributed by atoms with E-state index >= 15 is 0 Å². The second-order valence-corrected chi connectivity index (χ2v) is 6.75. The largest absolute Gasteiger partial charge is 0.360 e. The van der Waals surface area contributed by atoms with Crippen LogP contribution in [0.4, 0.5) is 0 Å². The Hall–Kier alpha value is -1.92. The SMILES string of the molecule is Cc1cc(CN2CCN(C(=O)/C=C/c3ccccc3Br)CC2)on1. The molecule has 3 rings (SSSR count). The molecule has 0 spiro atoms. The van der Waals surface area contributed by atoms with Gasteiger partial charge in [0, 0.05) is 42.8 Å². The topological polar surface area (TPSA) is 49.6 Å². The van der Waals surface area contributed by atoms with E-state index in [2.05, 4.69) is 26.0 Å². The first-order valence-electron chi connectivity index (χ1n) is 7.98. The van der Waals surface area contributed by atoms with E-state index in [1.165, 1.54) is 0 Å². The summed E-state index contributed by atoms with van der Waals surface area (Å²) >= 11 is 3.49. The highest BCUT2D eigenvalue weighted by molar-refractivity contribution is 9.10. The highest BCUT2D eigenvalue weighted by Gasteiger charge is 2.20. The molecule has 0 saturated carbocycles. The summed E-state index contributed by atoms with van der Waals surface area (Å²) in [5.74, 6) is 0.932. The summed E-state index contributed by atoms with van der Waals surface area (Å²) < 4.78 is 6.24. The number of hydrogen-bond acceptors (Lipinski definition) is 4. The van der Waals surface area contributed by atoms with Gasteiger partial charge in [-0.1, -0.05) is 39.3 Å². The number of amides is 1. The van der Waals surface area contributed by atoms with Gasteiger partial charge in [-0.3, -0.25) is 9.69 Å². The maximum Gasteiger partial charge on any atom is 0.246 e. The highest BCUT2D eigenvalue weighted by atomic mass is 79.9. The Kier molecular flexibility index (Phi) is 5.48. The van der Waals surface area contributed by atoms with Gasteiger partial charge in [-0.15, -0.1) is 0 Å². The second kappa shape index (κ2) is 7.77. The van der Waals surface area contributed by atoms with Crippen molar-refractivity contribution >= 4 is 27.9 Å². The third-order valence-corrected chi connectivity index (χ3v) is 4.77. The number of carbonyl (C=O) groups is 1. The first kappa shape index (κ1) is 16.9. The molecule has 1 aliphatic rings. The summed E-state index contributed by atoms with van der Waals surface area (Å²) in [6, 6.07) is 9.81. The standard InChI is InChI=1S/C18H20BrN3O2/c1-14-12-16(24-20-14)13-21-8-10-22(11-9-21)18(23)7-6-15-4-2-3-5-17(15)19/h2-7,12H,8-11,13H2,1H3/b7-6+. The molecule has 2 heterocycles. The van der Waals surface area contributed by atoms with Crippen molar-refractivity contribution in [3.8, 4) is 0 Å². The fourth-order valence-corrected chi connectivity index (χ4v) is 3.13. The summed E-state index contributed by atoms with van der Waals surface area (Å²) in [6.07, 6.45) is 3.51. The van der Waals surface area contributed by atoms with Gasteiger partial charge < -0.3 is 9.42 Å². The molecule has 0 bridgehead atoms. The monoisotopic (exact) mass is 389 g/mol. The number of aromatic nitrogens is 1.